The van der Waals surface area contributed by atoms with E-state index >= 15 is 0 Å². The Balaban J connectivity index is 2.41. The summed E-state index contributed by atoms with van der Waals surface area (Å²) in [7, 11) is 0. The lowest BCUT2D eigenvalue weighted by Gasteiger charge is -2.07. The first-order valence-electron chi connectivity index (χ1n) is 6.95. The van der Waals surface area contributed by atoms with E-state index in [0.717, 1.165) is 43.6 Å². The summed E-state index contributed by atoms with van der Waals surface area (Å²) in [6.07, 6.45) is 5.49. The van der Waals surface area contributed by atoms with Gasteiger partial charge in [-0.05, 0) is 37.0 Å². The number of allylic oxidation sites excluding steroid dienone is 1. The molecule has 0 fully saturated rings. The zero-order valence-corrected chi connectivity index (χ0v) is 11.7. The molecule has 0 aliphatic rings. The van der Waals surface area contributed by atoms with Crippen LogP contribution in [0.25, 0.3) is 0 Å². The zero-order chi connectivity index (χ0) is 13.9. The third-order valence-corrected chi connectivity index (χ3v) is 3.05. The van der Waals surface area contributed by atoms with Crippen molar-refractivity contribution in [3.8, 4) is 5.75 Å². The summed E-state index contributed by atoms with van der Waals surface area (Å²) in [6.45, 7) is 2.91. The summed E-state index contributed by atoms with van der Waals surface area (Å²) in [5.41, 5.74) is 7.76. The molecule has 0 aliphatic heterocycles. The number of unbranched alkanes of at least 4 members (excludes halogenated alkanes) is 1. The van der Waals surface area contributed by atoms with Crippen LogP contribution in [-0.4, -0.2) is 19.8 Å². The van der Waals surface area contributed by atoms with E-state index in [4.69, 9.17) is 10.5 Å². The first kappa shape index (κ1) is 15.7. The number of hydrogen-bond acceptors (Lipinski definition) is 2. The second-order valence-corrected chi connectivity index (χ2v) is 4.57. The molecule has 19 heavy (non-hydrogen) atoms. The van der Waals surface area contributed by atoms with Gasteiger partial charge in [0.1, 0.15) is 12.4 Å². The van der Waals surface area contributed by atoms with Crippen LogP contribution in [0.3, 0.4) is 0 Å². The molecule has 0 heterocycles. The van der Waals surface area contributed by atoms with Crippen LogP contribution in [0.15, 0.2) is 35.9 Å². The van der Waals surface area contributed by atoms with Gasteiger partial charge in [0.05, 0.1) is 6.61 Å². The highest BCUT2D eigenvalue weighted by atomic mass is 19.1. The zero-order valence-electron chi connectivity index (χ0n) is 11.7. The molecule has 0 unspecified atom stereocenters. The molecule has 0 saturated carbocycles. The van der Waals surface area contributed by atoms with Gasteiger partial charge in [0.25, 0.3) is 0 Å². The molecule has 3 heteroatoms. The highest BCUT2D eigenvalue weighted by molar-refractivity contribution is 5.28. The Kier molecular flexibility index (Phi) is 7.91. The van der Waals surface area contributed by atoms with E-state index in [9.17, 15) is 4.39 Å². The van der Waals surface area contributed by atoms with Crippen molar-refractivity contribution in [1.29, 1.82) is 0 Å². The lowest BCUT2D eigenvalue weighted by Crippen LogP contribution is -2.04. The molecule has 0 spiro atoms. The standard InChI is InChI=1S/C16H24FNO/c1-2-3-12-19-16-8-6-14(7-9-16)4-5-15(13-18)10-11-17/h6-10H,2-5,11-13,18H2,1H3/b15-10-. The van der Waals surface area contributed by atoms with E-state index in [-0.39, 0.29) is 0 Å². The number of nitrogens with two attached hydrogens (primary N) is 1. The van der Waals surface area contributed by atoms with Crippen molar-refractivity contribution in [2.24, 2.45) is 5.73 Å². The molecule has 0 aromatic heterocycles. The summed E-state index contributed by atoms with van der Waals surface area (Å²) in [6, 6.07) is 8.10. The second kappa shape index (κ2) is 9.56. The Bertz CT molecular complexity index is 373. The highest BCUT2D eigenvalue weighted by Crippen LogP contribution is 2.15. The fraction of sp³-hybridized carbons (Fsp3) is 0.500. The van der Waals surface area contributed by atoms with Gasteiger partial charge in [0, 0.05) is 6.54 Å². The largest absolute Gasteiger partial charge is 0.494 e. The van der Waals surface area contributed by atoms with E-state index < -0.39 is 6.67 Å². The molecule has 2 N–H and O–H groups in total. The molecule has 0 amide bonds. The molecule has 1 aromatic carbocycles. The minimum atomic E-state index is -0.434. The minimum Gasteiger partial charge on any atom is -0.494 e. The van der Waals surface area contributed by atoms with Crippen molar-refractivity contribution in [3.05, 3.63) is 41.5 Å². The summed E-state index contributed by atoms with van der Waals surface area (Å²) >= 11 is 0. The maximum absolute atomic E-state index is 12.2. The van der Waals surface area contributed by atoms with Crippen molar-refractivity contribution in [1.82, 2.24) is 0 Å². The predicted octanol–water partition coefficient (Wildman–Crippen LogP) is 3.65. The Hall–Kier alpha value is -1.35. The van der Waals surface area contributed by atoms with Gasteiger partial charge in [0.15, 0.2) is 0 Å². The number of alkyl halides is 1. The SMILES string of the molecule is CCCCOc1ccc(CC/C(=C/CF)CN)cc1. The lowest BCUT2D eigenvalue weighted by molar-refractivity contribution is 0.309. The molecule has 0 atom stereocenters. The number of ether oxygens (including phenoxy) is 1. The van der Waals surface area contributed by atoms with Gasteiger partial charge >= 0.3 is 0 Å². The van der Waals surface area contributed by atoms with Gasteiger partial charge < -0.3 is 10.5 Å². The van der Waals surface area contributed by atoms with Crippen molar-refractivity contribution in [2.45, 2.75) is 32.6 Å². The number of benzene rings is 1. The fourth-order valence-electron chi connectivity index (χ4n) is 1.79. The Labute approximate surface area is 115 Å². The van der Waals surface area contributed by atoms with Crippen LogP contribution < -0.4 is 10.5 Å². The number of hydrogen-bond donors (Lipinski definition) is 1. The molecule has 1 aromatic rings. The van der Waals surface area contributed by atoms with E-state index in [1.165, 1.54) is 5.56 Å². The van der Waals surface area contributed by atoms with E-state index in [1.807, 2.05) is 12.1 Å². The van der Waals surface area contributed by atoms with Crippen LogP contribution in [0.2, 0.25) is 0 Å². The average molecular weight is 265 g/mol. The first-order valence-corrected chi connectivity index (χ1v) is 6.95. The number of halogens is 1. The van der Waals surface area contributed by atoms with Gasteiger partial charge in [-0.25, -0.2) is 4.39 Å². The molecule has 0 radical (unpaired) electrons. The quantitative estimate of drug-likeness (QED) is 0.546. The van der Waals surface area contributed by atoms with Gasteiger partial charge in [-0.1, -0.05) is 37.1 Å². The highest BCUT2D eigenvalue weighted by Gasteiger charge is 1.99. The normalized spacial score (nSPS) is 11.6. The van der Waals surface area contributed by atoms with Crippen molar-refractivity contribution >= 4 is 0 Å². The lowest BCUT2D eigenvalue weighted by atomic mass is 10.0. The summed E-state index contributed by atoms with van der Waals surface area (Å²) < 4.78 is 17.8. The molecule has 2 nitrogen and oxygen atoms in total. The van der Waals surface area contributed by atoms with Crippen LogP contribution in [0, 0.1) is 0 Å². The minimum absolute atomic E-state index is 0.433. The van der Waals surface area contributed by atoms with Crippen molar-refractivity contribution in [3.63, 3.8) is 0 Å². The molecular weight excluding hydrogens is 241 g/mol. The molecule has 0 saturated heterocycles. The van der Waals surface area contributed by atoms with Crippen LogP contribution in [0.5, 0.6) is 5.75 Å². The van der Waals surface area contributed by atoms with Gasteiger partial charge in [-0.3, -0.25) is 0 Å². The van der Waals surface area contributed by atoms with Crippen LogP contribution >= 0.6 is 0 Å². The van der Waals surface area contributed by atoms with E-state index in [2.05, 4.69) is 19.1 Å². The smallest absolute Gasteiger partial charge is 0.119 e. The van der Waals surface area contributed by atoms with Crippen LogP contribution in [0.1, 0.15) is 31.7 Å². The Morgan fingerprint density at radius 3 is 2.63 bits per heavy atom. The summed E-state index contributed by atoms with van der Waals surface area (Å²) in [4.78, 5) is 0. The summed E-state index contributed by atoms with van der Waals surface area (Å²) in [5, 5.41) is 0. The third-order valence-electron chi connectivity index (χ3n) is 3.05. The summed E-state index contributed by atoms with van der Waals surface area (Å²) in [5.74, 6) is 0.913. The predicted molar refractivity (Wildman–Crippen MR) is 78.3 cm³/mol. The van der Waals surface area contributed by atoms with Crippen molar-refractivity contribution in [2.75, 3.05) is 19.8 Å². The maximum Gasteiger partial charge on any atom is 0.119 e. The fourth-order valence-corrected chi connectivity index (χ4v) is 1.79. The molecule has 0 bridgehead atoms. The molecule has 106 valence electrons. The topological polar surface area (TPSA) is 35.2 Å². The van der Waals surface area contributed by atoms with Gasteiger partial charge in [-0.2, -0.15) is 0 Å². The Morgan fingerprint density at radius 1 is 1.32 bits per heavy atom. The monoisotopic (exact) mass is 265 g/mol. The molecule has 1 rings (SSSR count). The maximum atomic E-state index is 12.2. The van der Waals surface area contributed by atoms with E-state index in [0.29, 0.717) is 6.54 Å². The second-order valence-electron chi connectivity index (χ2n) is 4.57. The average Bonchev–Trinajstić information content (AvgIpc) is 2.45. The Morgan fingerprint density at radius 2 is 2.05 bits per heavy atom. The first-order chi connectivity index (χ1) is 9.30. The van der Waals surface area contributed by atoms with Crippen LogP contribution in [0.4, 0.5) is 4.39 Å². The number of rotatable bonds is 9. The van der Waals surface area contributed by atoms with Gasteiger partial charge in [-0.15, -0.1) is 0 Å². The van der Waals surface area contributed by atoms with Crippen LogP contribution in [-0.2, 0) is 6.42 Å². The van der Waals surface area contributed by atoms with Crippen molar-refractivity contribution < 1.29 is 9.13 Å². The third kappa shape index (κ3) is 6.39. The molecule has 0 aliphatic carbocycles. The van der Waals surface area contributed by atoms with Gasteiger partial charge in [0.2, 0.25) is 0 Å². The van der Waals surface area contributed by atoms with E-state index in [1.54, 1.807) is 6.08 Å². The molecular formula is C16H24FNO. The number of aryl methyl sites for hydroxylation is 1.